The molecule has 0 amide bonds. The van der Waals surface area contributed by atoms with Gasteiger partial charge >= 0.3 is 0 Å². The molecule has 0 spiro atoms. The summed E-state index contributed by atoms with van der Waals surface area (Å²) in [4.78, 5) is 10.3. The molecule has 0 saturated carbocycles. The predicted octanol–water partition coefficient (Wildman–Crippen LogP) is 2.10. The quantitative estimate of drug-likeness (QED) is 0.522. The second-order valence-electron chi connectivity index (χ2n) is 5.66. The Morgan fingerprint density at radius 1 is 1.24 bits per heavy atom. The molecular formula is C17H23N7S. The van der Waals surface area contributed by atoms with Crippen LogP contribution in [-0.2, 0) is 13.0 Å². The summed E-state index contributed by atoms with van der Waals surface area (Å²) in [6, 6.07) is 5.90. The molecule has 0 radical (unpaired) electrons. The van der Waals surface area contributed by atoms with E-state index in [0.29, 0.717) is 6.54 Å². The molecule has 3 rings (SSSR count). The molecule has 25 heavy (non-hydrogen) atoms. The number of aromatic nitrogens is 4. The molecule has 0 fully saturated rings. The van der Waals surface area contributed by atoms with Crippen LogP contribution in [0.25, 0.3) is 5.65 Å². The van der Waals surface area contributed by atoms with E-state index in [1.807, 2.05) is 42.6 Å². The van der Waals surface area contributed by atoms with Gasteiger partial charge in [-0.05, 0) is 32.9 Å². The zero-order valence-corrected chi connectivity index (χ0v) is 15.6. The number of hydrogen-bond donors (Lipinski definition) is 2. The maximum absolute atomic E-state index is 4.66. The van der Waals surface area contributed by atoms with Crippen molar-refractivity contribution in [2.45, 2.75) is 33.7 Å². The third-order valence-corrected chi connectivity index (χ3v) is 4.81. The van der Waals surface area contributed by atoms with Crippen LogP contribution in [0, 0.1) is 13.8 Å². The van der Waals surface area contributed by atoms with Gasteiger partial charge in [-0.2, -0.15) is 0 Å². The van der Waals surface area contributed by atoms with E-state index in [1.165, 1.54) is 4.88 Å². The van der Waals surface area contributed by atoms with Crippen LogP contribution < -0.4 is 10.6 Å². The van der Waals surface area contributed by atoms with Crippen LogP contribution in [0.3, 0.4) is 0 Å². The fourth-order valence-corrected chi connectivity index (χ4v) is 3.43. The van der Waals surface area contributed by atoms with Crippen LogP contribution in [-0.4, -0.2) is 38.6 Å². The summed E-state index contributed by atoms with van der Waals surface area (Å²) in [7, 11) is 0. The third kappa shape index (κ3) is 4.33. The van der Waals surface area contributed by atoms with Gasteiger partial charge in [0.1, 0.15) is 5.82 Å². The number of nitrogens with one attached hydrogen (secondary N) is 2. The zero-order chi connectivity index (χ0) is 17.6. The Morgan fingerprint density at radius 2 is 2.12 bits per heavy atom. The average molecular weight is 357 g/mol. The van der Waals surface area contributed by atoms with Crippen molar-refractivity contribution in [1.82, 2.24) is 30.2 Å². The molecule has 0 aromatic carbocycles. The lowest BCUT2D eigenvalue weighted by molar-refractivity contribution is 0.763. The number of hydrogen-bond acceptors (Lipinski definition) is 5. The number of nitrogens with zero attached hydrogens (tertiary/aromatic N) is 5. The fourth-order valence-electron chi connectivity index (χ4n) is 2.57. The summed E-state index contributed by atoms with van der Waals surface area (Å²) in [6.07, 6.45) is 2.76. The van der Waals surface area contributed by atoms with Crippen molar-refractivity contribution in [2.24, 2.45) is 4.99 Å². The molecule has 0 unspecified atom stereocenters. The van der Waals surface area contributed by atoms with Crippen molar-refractivity contribution in [1.29, 1.82) is 0 Å². The van der Waals surface area contributed by atoms with Crippen molar-refractivity contribution in [2.75, 3.05) is 13.1 Å². The van der Waals surface area contributed by atoms with E-state index >= 15 is 0 Å². The first-order valence-corrected chi connectivity index (χ1v) is 9.22. The molecule has 3 aromatic heterocycles. The van der Waals surface area contributed by atoms with Gasteiger partial charge < -0.3 is 10.6 Å². The Labute approximate surface area is 151 Å². The molecule has 0 bridgehead atoms. The van der Waals surface area contributed by atoms with Crippen LogP contribution in [0.1, 0.15) is 28.3 Å². The van der Waals surface area contributed by atoms with Crippen molar-refractivity contribution >= 4 is 22.9 Å². The molecule has 2 N–H and O–H groups in total. The molecule has 0 aliphatic rings. The normalized spacial score (nSPS) is 11.9. The largest absolute Gasteiger partial charge is 0.357 e. The molecule has 3 heterocycles. The number of pyridine rings is 1. The Kier molecular flexibility index (Phi) is 5.60. The summed E-state index contributed by atoms with van der Waals surface area (Å²) < 4.78 is 2.01. The molecule has 8 heteroatoms. The SMILES string of the molecule is CCNC(=NCc1sc(C)nc1C)NCCc1nnc2ccccn12. The Morgan fingerprint density at radius 3 is 2.88 bits per heavy atom. The van der Waals surface area contributed by atoms with E-state index in [9.17, 15) is 0 Å². The predicted molar refractivity (Wildman–Crippen MR) is 101 cm³/mol. The molecule has 0 atom stereocenters. The van der Waals surface area contributed by atoms with Crippen molar-refractivity contribution in [3.8, 4) is 0 Å². The molecule has 7 nitrogen and oxygen atoms in total. The molecular weight excluding hydrogens is 334 g/mol. The summed E-state index contributed by atoms with van der Waals surface area (Å²) in [6.45, 7) is 8.32. The lowest BCUT2D eigenvalue weighted by Gasteiger charge is -2.10. The maximum atomic E-state index is 4.66. The summed E-state index contributed by atoms with van der Waals surface area (Å²) in [5.41, 5.74) is 1.94. The lowest BCUT2D eigenvalue weighted by Crippen LogP contribution is -2.38. The molecule has 0 saturated heterocycles. The standard InChI is InChI=1S/C17H23N7S/c1-4-18-17(20-11-14-12(2)21-13(3)25-14)19-9-8-16-23-22-15-7-5-6-10-24(15)16/h5-7,10H,4,8-9,11H2,1-3H3,(H2,18,19,20). The number of fused-ring (bicyclic) bond motifs is 1. The van der Waals surface area contributed by atoms with Crippen LogP contribution in [0.15, 0.2) is 29.4 Å². The zero-order valence-electron chi connectivity index (χ0n) is 14.8. The van der Waals surface area contributed by atoms with Crippen molar-refractivity contribution in [3.05, 3.63) is 45.8 Å². The number of thiazole rings is 1. The topological polar surface area (TPSA) is 79.5 Å². The van der Waals surface area contributed by atoms with E-state index in [1.54, 1.807) is 11.3 Å². The van der Waals surface area contributed by atoms with Crippen LogP contribution in [0.4, 0.5) is 0 Å². The summed E-state index contributed by atoms with van der Waals surface area (Å²) >= 11 is 1.70. The van der Waals surface area contributed by atoms with Gasteiger partial charge in [-0.15, -0.1) is 21.5 Å². The molecule has 0 aliphatic heterocycles. The van der Waals surface area contributed by atoms with Crippen molar-refractivity contribution in [3.63, 3.8) is 0 Å². The van der Waals surface area contributed by atoms with E-state index in [4.69, 9.17) is 0 Å². The Hall–Kier alpha value is -2.48. The third-order valence-electron chi connectivity index (χ3n) is 3.75. The van der Waals surface area contributed by atoms with Gasteiger partial charge in [0.05, 0.1) is 17.2 Å². The average Bonchev–Trinajstić information content (AvgIpc) is 3.15. The highest BCUT2D eigenvalue weighted by atomic mass is 32.1. The van der Waals surface area contributed by atoms with E-state index in [-0.39, 0.29) is 0 Å². The highest BCUT2D eigenvalue weighted by molar-refractivity contribution is 7.11. The van der Waals surface area contributed by atoms with E-state index in [0.717, 1.165) is 47.6 Å². The Balaban J connectivity index is 1.60. The van der Waals surface area contributed by atoms with Crippen LogP contribution >= 0.6 is 11.3 Å². The number of rotatable bonds is 6. The van der Waals surface area contributed by atoms with Crippen molar-refractivity contribution < 1.29 is 0 Å². The first-order valence-electron chi connectivity index (χ1n) is 8.41. The minimum Gasteiger partial charge on any atom is -0.357 e. The second kappa shape index (κ2) is 8.06. The van der Waals surface area contributed by atoms with Gasteiger partial charge in [0, 0.05) is 30.6 Å². The maximum Gasteiger partial charge on any atom is 0.191 e. The highest BCUT2D eigenvalue weighted by Gasteiger charge is 2.06. The Bertz CT molecular complexity index is 865. The fraction of sp³-hybridized carbons (Fsp3) is 0.412. The van der Waals surface area contributed by atoms with Gasteiger partial charge in [-0.25, -0.2) is 9.98 Å². The van der Waals surface area contributed by atoms with E-state index in [2.05, 4.69) is 37.7 Å². The van der Waals surface area contributed by atoms with Gasteiger partial charge in [-0.3, -0.25) is 4.40 Å². The highest BCUT2D eigenvalue weighted by Crippen LogP contribution is 2.17. The van der Waals surface area contributed by atoms with Gasteiger partial charge in [0.2, 0.25) is 0 Å². The molecule has 0 aliphatic carbocycles. The van der Waals surface area contributed by atoms with Gasteiger partial charge in [-0.1, -0.05) is 6.07 Å². The molecule has 3 aromatic rings. The van der Waals surface area contributed by atoms with Crippen LogP contribution in [0.2, 0.25) is 0 Å². The minimum atomic E-state index is 0.639. The van der Waals surface area contributed by atoms with Gasteiger partial charge in [0.15, 0.2) is 11.6 Å². The molecule has 132 valence electrons. The minimum absolute atomic E-state index is 0.639. The smallest absolute Gasteiger partial charge is 0.191 e. The monoisotopic (exact) mass is 357 g/mol. The number of aryl methyl sites for hydroxylation is 2. The second-order valence-corrected chi connectivity index (χ2v) is 6.95. The summed E-state index contributed by atoms with van der Waals surface area (Å²) in [5, 5.41) is 16.1. The first kappa shape index (κ1) is 17.3. The van der Waals surface area contributed by atoms with Gasteiger partial charge in [0.25, 0.3) is 0 Å². The lowest BCUT2D eigenvalue weighted by atomic mass is 10.4. The van der Waals surface area contributed by atoms with E-state index < -0.39 is 0 Å². The first-order chi connectivity index (χ1) is 12.2. The van der Waals surface area contributed by atoms with Crippen LogP contribution in [0.5, 0.6) is 0 Å². The number of aliphatic imine (C=N–C) groups is 1. The number of guanidine groups is 1. The summed E-state index contributed by atoms with van der Waals surface area (Å²) in [5.74, 6) is 1.75.